The van der Waals surface area contributed by atoms with Crippen LogP contribution >= 0.6 is 0 Å². The number of benzene rings is 2. The lowest BCUT2D eigenvalue weighted by atomic mass is 10.0. The van der Waals surface area contributed by atoms with Crippen LogP contribution in [0, 0.1) is 0 Å². The Morgan fingerprint density at radius 2 is 1.69 bits per heavy atom. The number of hydrogen-bond donors (Lipinski definition) is 0. The van der Waals surface area contributed by atoms with Gasteiger partial charge in [0.05, 0.1) is 29.1 Å². The molecule has 0 aliphatic heterocycles. The lowest BCUT2D eigenvalue weighted by Gasteiger charge is -2.04. The Hall–Kier alpha value is -3.34. The van der Waals surface area contributed by atoms with Crippen LogP contribution < -0.4 is 0 Å². The zero-order valence-corrected chi connectivity index (χ0v) is 15.0. The summed E-state index contributed by atoms with van der Waals surface area (Å²) in [7, 11) is 1.86. The summed E-state index contributed by atoms with van der Waals surface area (Å²) in [5.74, 6) is -0.0221. The highest BCUT2D eigenvalue weighted by molar-refractivity contribution is 6.10. The first-order chi connectivity index (χ1) is 12.7. The molecule has 4 rings (SSSR count). The van der Waals surface area contributed by atoms with Crippen molar-refractivity contribution in [1.82, 2.24) is 19.7 Å². The molecule has 2 aromatic heterocycles. The first kappa shape index (κ1) is 17.5. The van der Waals surface area contributed by atoms with E-state index in [2.05, 4.69) is 15.1 Å². The summed E-state index contributed by atoms with van der Waals surface area (Å²) in [6.45, 7) is 4.00. The van der Waals surface area contributed by atoms with Gasteiger partial charge in [-0.2, -0.15) is 5.10 Å². The van der Waals surface area contributed by atoms with Crippen molar-refractivity contribution in [3.63, 3.8) is 0 Å². The molecular weight excluding hydrogens is 324 g/mol. The number of carbonyl (C=O) groups excluding carboxylic acids is 1. The second kappa shape index (κ2) is 7.70. The molecule has 5 nitrogen and oxygen atoms in total. The number of hydrogen-bond acceptors (Lipinski definition) is 4. The Labute approximate surface area is 152 Å². The van der Waals surface area contributed by atoms with Crippen LogP contribution in [-0.2, 0) is 7.05 Å². The number of ketones is 1. The molecule has 26 heavy (non-hydrogen) atoms. The van der Waals surface area contributed by atoms with Crippen molar-refractivity contribution in [3.8, 4) is 11.3 Å². The summed E-state index contributed by atoms with van der Waals surface area (Å²) in [5, 5.41) is 4.15. The van der Waals surface area contributed by atoms with Gasteiger partial charge in [-0.05, 0) is 18.2 Å². The maximum atomic E-state index is 12.6. The number of nitrogens with zero attached hydrogens (tertiary/aromatic N) is 4. The van der Waals surface area contributed by atoms with Crippen molar-refractivity contribution in [1.29, 1.82) is 0 Å². The molecule has 130 valence electrons. The summed E-state index contributed by atoms with van der Waals surface area (Å²) in [4.78, 5) is 21.6. The second-order valence-electron chi connectivity index (χ2n) is 5.56. The number of aryl methyl sites for hydroxylation is 1. The second-order valence-corrected chi connectivity index (χ2v) is 5.56. The Balaban J connectivity index is 0.000000948. The van der Waals surface area contributed by atoms with E-state index in [-0.39, 0.29) is 5.78 Å². The highest BCUT2D eigenvalue weighted by atomic mass is 16.1. The Morgan fingerprint density at radius 3 is 2.38 bits per heavy atom. The van der Waals surface area contributed by atoms with E-state index in [0.29, 0.717) is 16.6 Å². The van der Waals surface area contributed by atoms with E-state index in [1.54, 1.807) is 29.2 Å². The van der Waals surface area contributed by atoms with E-state index < -0.39 is 0 Å². The fourth-order valence-electron chi connectivity index (χ4n) is 2.60. The molecule has 0 radical (unpaired) electrons. The molecule has 0 aliphatic carbocycles. The van der Waals surface area contributed by atoms with Crippen molar-refractivity contribution in [2.24, 2.45) is 7.05 Å². The average Bonchev–Trinajstić information content (AvgIpc) is 3.15. The maximum Gasteiger partial charge on any atom is 0.193 e. The van der Waals surface area contributed by atoms with E-state index in [9.17, 15) is 4.79 Å². The summed E-state index contributed by atoms with van der Waals surface area (Å²) in [6, 6.07) is 14.6. The third-order valence-corrected chi connectivity index (χ3v) is 3.84. The van der Waals surface area contributed by atoms with Gasteiger partial charge < -0.3 is 0 Å². The standard InChI is InChI=1S/C19H14N4O.C2H6/c1-23-12-15(10-21-23)18-11-20-16-8-7-14(9-17(16)22-18)19(24)13-5-3-2-4-6-13;1-2/h2-12H,1H3;1-2H3. The van der Waals surface area contributed by atoms with E-state index >= 15 is 0 Å². The molecule has 2 aromatic carbocycles. The summed E-state index contributed by atoms with van der Waals surface area (Å²) >= 11 is 0. The first-order valence-corrected chi connectivity index (χ1v) is 8.56. The predicted octanol–water partition coefficient (Wildman–Crippen LogP) is 4.29. The van der Waals surface area contributed by atoms with E-state index in [4.69, 9.17) is 0 Å². The highest BCUT2D eigenvalue weighted by Crippen LogP contribution is 2.20. The molecule has 0 aliphatic rings. The first-order valence-electron chi connectivity index (χ1n) is 8.56. The average molecular weight is 344 g/mol. The van der Waals surface area contributed by atoms with Gasteiger partial charge in [-0.1, -0.05) is 44.2 Å². The van der Waals surface area contributed by atoms with Crippen molar-refractivity contribution < 1.29 is 4.79 Å². The van der Waals surface area contributed by atoms with Crippen LogP contribution in [0.5, 0.6) is 0 Å². The number of aromatic nitrogens is 4. The SMILES string of the molecule is CC.Cn1cc(-c2cnc3ccc(C(=O)c4ccccc4)cc3n2)cn1. The van der Waals surface area contributed by atoms with Crippen LogP contribution in [0.3, 0.4) is 0 Å². The largest absolute Gasteiger partial charge is 0.289 e. The van der Waals surface area contributed by atoms with Crippen molar-refractivity contribution in [2.45, 2.75) is 13.8 Å². The Bertz CT molecular complexity index is 1040. The van der Waals surface area contributed by atoms with E-state index in [1.807, 2.05) is 63.5 Å². The lowest BCUT2D eigenvalue weighted by molar-refractivity contribution is 0.103. The monoisotopic (exact) mass is 344 g/mol. The molecule has 5 heteroatoms. The fourth-order valence-corrected chi connectivity index (χ4v) is 2.60. The summed E-state index contributed by atoms with van der Waals surface area (Å²) in [5.41, 5.74) is 4.34. The van der Waals surface area contributed by atoms with Gasteiger partial charge in [0.25, 0.3) is 0 Å². The molecule has 0 N–H and O–H groups in total. The minimum absolute atomic E-state index is 0.0221. The van der Waals surface area contributed by atoms with Crippen LogP contribution in [0.15, 0.2) is 67.1 Å². The number of rotatable bonds is 3. The molecule has 0 unspecified atom stereocenters. The molecule has 0 saturated heterocycles. The zero-order chi connectivity index (χ0) is 18.5. The third-order valence-electron chi connectivity index (χ3n) is 3.84. The summed E-state index contributed by atoms with van der Waals surface area (Å²) in [6.07, 6.45) is 5.35. The van der Waals surface area contributed by atoms with E-state index in [0.717, 1.165) is 16.8 Å². The van der Waals surface area contributed by atoms with Crippen LogP contribution in [0.1, 0.15) is 29.8 Å². The van der Waals surface area contributed by atoms with Crippen LogP contribution in [-0.4, -0.2) is 25.5 Å². The molecule has 4 aromatic rings. The molecule has 0 spiro atoms. The van der Waals surface area contributed by atoms with Crippen molar-refractivity contribution in [2.75, 3.05) is 0 Å². The molecule has 0 amide bonds. The zero-order valence-electron chi connectivity index (χ0n) is 15.0. The molecule has 0 bridgehead atoms. The van der Waals surface area contributed by atoms with Crippen LogP contribution in [0.25, 0.3) is 22.3 Å². The van der Waals surface area contributed by atoms with Crippen LogP contribution in [0.4, 0.5) is 0 Å². The van der Waals surface area contributed by atoms with Gasteiger partial charge in [0.2, 0.25) is 0 Å². The molecule has 0 fully saturated rings. The van der Waals surface area contributed by atoms with Crippen molar-refractivity contribution >= 4 is 16.8 Å². The fraction of sp³-hybridized carbons (Fsp3) is 0.143. The van der Waals surface area contributed by atoms with Gasteiger partial charge in [0.1, 0.15) is 0 Å². The quantitative estimate of drug-likeness (QED) is 0.520. The van der Waals surface area contributed by atoms with Gasteiger partial charge >= 0.3 is 0 Å². The smallest absolute Gasteiger partial charge is 0.193 e. The topological polar surface area (TPSA) is 60.7 Å². The normalized spacial score (nSPS) is 10.3. The van der Waals surface area contributed by atoms with Gasteiger partial charge in [0.15, 0.2) is 5.78 Å². The van der Waals surface area contributed by atoms with Gasteiger partial charge in [-0.15, -0.1) is 0 Å². The molecular formula is C21H20N4O. The number of carbonyl (C=O) groups is 1. The van der Waals surface area contributed by atoms with Crippen LogP contribution in [0.2, 0.25) is 0 Å². The minimum Gasteiger partial charge on any atom is -0.289 e. The Kier molecular flexibility index (Phi) is 5.17. The van der Waals surface area contributed by atoms with Gasteiger partial charge in [-0.25, -0.2) is 4.98 Å². The summed E-state index contributed by atoms with van der Waals surface area (Å²) < 4.78 is 1.72. The number of fused-ring (bicyclic) bond motifs is 1. The molecule has 0 atom stereocenters. The molecule has 2 heterocycles. The van der Waals surface area contributed by atoms with Gasteiger partial charge in [0, 0.05) is 29.9 Å². The lowest BCUT2D eigenvalue weighted by Crippen LogP contribution is -2.01. The molecule has 0 saturated carbocycles. The highest BCUT2D eigenvalue weighted by Gasteiger charge is 2.11. The minimum atomic E-state index is -0.0221. The van der Waals surface area contributed by atoms with Gasteiger partial charge in [-0.3, -0.25) is 14.5 Å². The van der Waals surface area contributed by atoms with Crippen molar-refractivity contribution in [3.05, 3.63) is 78.2 Å². The van der Waals surface area contributed by atoms with E-state index in [1.165, 1.54) is 0 Å². The Morgan fingerprint density at radius 1 is 0.923 bits per heavy atom. The third kappa shape index (κ3) is 3.52. The predicted molar refractivity (Wildman–Crippen MR) is 103 cm³/mol. The maximum absolute atomic E-state index is 12.6.